The summed E-state index contributed by atoms with van der Waals surface area (Å²) in [6.07, 6.45) is 0. The Bertz CT molecular complexity index is 781. The first-order chi connectivity index (χ1) is 10.8. The Hall–Kier alpha value is -2.69. The molecule has 2 aromatic carbocycles. The number of nitro groups is 1. The summed E-state index contributed by atoms with van der Waals surface area (Å²) < 4.78 is 5.67. The predicted octanol–water partition coefficient (Wildman–Crippen LogP) is 4.30. The molecule has 2 rings (SSSR count). The average Bonchev–Trinajstić information content (AvgIpc) is 2.46. The van der Waals surface area contributed by atoms with Crippen LogP contribution >= 0.6 is 0 Å². The van der Waals surface area contributed by atoms with Gasteiger partial charge in [0.2, 0.25) is 0 Å². The Labute approximate surface area is 135 Å². The molecular weight excluding hydrogens is 294 g/mol. The lowest BCUT2D eigenvalue weighted by Gasteiger charge is -2.16. The van der Waals surface area contributed by atoms with Crippen LogP contribution in [0.15, 0.2) is 30.3 Å². The van der Waals surface area contributed by atoms with Crippen molar-refractivity contribution in [2.75, 3.05) is 0 Å². The van der Waals surface area contributed by atoms with Crippen molar-refractivity contribution in [2.24, 2.45) is 0 Å². The highest BCUT2D eigenvalue weighted by Crippen LogP contribution is 2.29. The second-order valence-electron chi connectivity index (χ2n) is 5.56. The molecule has 0 heterocycles. The molecule has 5 heteroatoms. The summed E-state index contributed by atoms with van der Waals surface area (Å²) in [6.45, 7) is 7.46. The zero-order valence-corrected chi connectivity index (χ0v) is 13.7. The lowest BCUT2D eigenvalue weighted by molar-refractivity contribution is -0.385. The molecule has 0 aliphatic rings. The van der Waals surface area contributed by atoms with E-state index in [0.29, 0.717) is 5.56 Å². The Morgan fingerprint density at radius 3 is 2.43 bits per heavy atom. The monoisotopic (exact) mass is 313 g/mol. The van der Waals surface area contributed by atoms with Crippen molar-refractivity contribution in [1.29, 1.82) is 0 Å². The Morgan fingerprint density at radius 2 is 1.83 bits per heavy atom. The van der Waals surface area contributed by atoms with Gasteiger partial charge in [0.25, 0.3) is 0 Å². The standard InChI is InChI=1S/C18H19NO4/c1-11-9-12(2)18(14(4)20)13(3)15(11)10-23-17-8-6-5-7-16(17)19(21)22/h5-9H,10H2,1-4H3. The zero-order chi connectivity index (χ0) is 17.1. The molecule has 0 N–H and O–H groups in total. The largest absolute Gasteiger partial charge is 0.482 e. The SMILES string of the molecule is CC(=O)c1c(C)cc(C)c(COc2ccccc2[N+](=O)[O-])c1C. The number of nitro benzene ring substituents is 1. The van der Waals surface area contributed by atoms with E-state index in [9.17, 15) is 14.9 Å². The summed E-state index contributed by atoms with van der Waals surface area (Å²) in [5.41, 5.74) is 4.32. The highest BCUT2D eigenvalue weighted by atomic mass is 16.6. The van der Waals surface area contributed by atoms with E-state index in [1.807, 2.05) is 26.8 Å². The van der Waals surface area contributed by atoms with Gasteiger partial charge in [-0.1, -0.05) is 18.2 Å². The van der Waals surface area contributed by atoms with E-state index in [-0.39, 0.29) is 23.8 Å². The third kappa shape index (κ3) is 3.39. The summed E-state index contributed by atoms with van der Waals surface area (Å²) in [7, 11) is 0. The third-order valence-electron chi connectivity index (χ3n) is 3.92. The van der Waals surface area contributed by atoms with Gasteiger partial charge >= 0.3 is 5.69 Å². The van der Waals surface area contributed by atoms with Gasteiger partial charge in [-0.2, -0.15) is 0 Å². The van der Waals surface area contributed by atoms with Crippen molar-refractivity contribution in [3.63, 3.8) is 0 Å². The molecule has 5 nitrogen and oxygen atoms in total. The lowest BCUT2D eigenvalue weighted by atomic mass is 9.92. The molecular formula is C18H19NO4. The minimum absolute atomic E-state index is 0.00643. The van der Waals surface area contributed by atoms with Crippen LogP contribution in [0, 0.1) is 30.9 Å². The fourth-order valence-corrected chi connectivity index (χ4v) is 2.87. The zero-order valence-electron chi connectivity index (χ0n) is 13.7. The van der Waals surface area contributed by atoms with Gasteiger partial charge in [-0.25, -0.2) is 0 Å². The second-order valence-corrected chi connectivity index (χ2v) is 5.56. The quantitative estimate of drug-likeness (QED) is 0.469. The number of ketones is 1. The minimum atomic E-state index is -0.467. The molecule has 0 spiro atoms. The van der Waals surface area contributed by atoms with Crippen LogP contribution in [0.2, 0.25) is 0 Å². The van der Waals surface area contributed by atoms with E-state index < -0.39 is 4.92 Å². The van der Waals surface area contributed by atoms with Gasteiger partial charge in [0.05, 0.1) is 4.92 Å². The van der Waals surface area contributed by atoms with E-state index >= 15 is 0 Å². The highest BCUT2D eigenvalue weighted by Gasteiger charge is 2.17. The van der Waals surface area contributed by atoms with E-state index in [2.05, 4.69) is 0 Å². The average molecular weight is 313 g/mol. The molecule has 0 bridgehead atoms. The van der Waals surface area contributed by atoms with Crippen LogP contribution in [-0.2, 0) is 6.61 Å². The topological polar surface area (TPSA) is 69.4 Å². The molecule has 0 aliphatic heterocycles. The van der Waals surface area contributed by atoms with E-state index in [1.165, 1.54) is 13.0 Å². The summed E-state index contributed by atoms with van der Waals surface area (Å²) in [6, 6.07) is 8.22. The molecule has 0 aromatic heterocycles. The number of aryl methyl sites for hydroxylation is 2. The van der Waals surface area contributed by atoms with Crippen LogP contribution in [0.3, 0.4) is 0 Å². The lowest BCUT2D eigenvalue weighted by Crippen LogP contribution is -2.08. The van der Waals surface area contributed by atoms with Crippen LogP contribution < -0.4 is 4.74 Å². The molecule has 0 atom stereocenters. The number of Topliss-reactive ketones (excluding diaryl/α,β-unsaturated/α-hetero) is 1. The van der Waals surface area contributed by atoms with Crippen molar-refractivity contribution >= 4 is 11.5 Å². The summed E-state index contributed by atoms with van der Waals surface area (Å²) in [4.78, 5) is 22.4. The molecule has 0 radical (unpaired) electrons. The summed E-state index contributed by atoms with van der Waals surface area (Å²) >= 11 is 0. The van der Waals surface area contributed by atoms with Crippen LogP contribution in [0.1, 0.15) is 39.5 Å². The maximum atomic E-state index is 11.8. The fraction of sp³-hybridized carbons (Fsp3) is 0.278. The molecule has 0 aliphatic carbocycles. The Morgan fingerprint density at radius 1 is 1.17 bits per heavy atom. The molecule has 0 saturated heterocycles. The molecule has 0 fully saturated rings. The number of nitrogens with zero attached hydrogens (tertiary/aromatic N) is 1. The number of ether oxygens (including phenoxy) is 1. The number of rotatable bonds is 5. The third-order valence-corrected chi connectivity index (χ3v) is 3.92. The van der Waals surface area contributed by atoms with Crippen LogP contribution in [0.4, 0.5) is 5.69 Å². The number of benzene rings is 2. The van der Waals surface area contributed by atoms with Gasteiger partial charge in [-0.15, -0.1) is 0 Å². The molecule has 0 saturated carbocycles. The van der Waals surface area contributed by atoms with Crippen LogP contribution in [0.5, 0.6) is 5.75 Å². The molecule has 0 amide bonds. The fourth-order valence-electron chi connectivity index (χ4n) is 2.87. The van der Waals surface area contributed by atoms with Crippen molar-refractivity contribution in [3.8, 4) is 5.75 Å². The number of para-hydroxylation sites is 2. The van der Waals surface area contributed by atoms with Gasteiger partial charge in [-0.05, 0) is 56.0 Å². The van der Waals surface area contributed by atoms with Crippen molar-refractivity contribution in [3.05, 3.63) is 68.3 Å². The first-order valence-corrected chi connectivity index (χ1v) is 7.29. The molecule has 0 unspecified atom stereocenters. The Kier molecular flexibility index (Phi) is 4.79. The predicted molar refractivity (Wildman–Crippen MR) is 88.1 cm³/mol. The normalized spacial score (nSPS) is 10.4. The molecule has 2 aromatic rings. The first kappa shape index (κ1) is 16.7. The van der Waals surface area contributed by atoms with Gasteiger partial charge in [0.1, 0.15) is 6.61 Å². The first-order valence-electron chi connectivity index (χ1n) is 7.29. The van der Waals surface area contributed by atoms with Crippen LogP contribution in [0.25, 0.3) is 0 Å². The van der Waals surface area contributed by atoms with Crippen molar-refractivity contribution < 1.29 is 14.5 Å². The minimum Gasteiger partial charge on any atom is -0.482 e. The summed E-state index contributed by atoms with van der Waals surface area (Å²) in [5, 5.41) is 11.0. The molecule has 23 heavy (non-hydrogen) atoms. The molecule has 120 valence electrons. The number of carbonyl (C=O) groups is 1. The second kappa shape index (κ2) is 6.60. The van der Waals surface area contributed by atoms with Gasteiger partial charge < -0.3 is 4.74 Å². The van der Waals surface area contributed by atoms with E-state index in [0.717, 1.165) is 22.3 Å². The smallest absolute Gasteiger partial charge is 0.310 e. The van der Waals surface area contributed by atoms with E-state index in [1.54, 1.807) is 18.2 Å². The van der Waals surface area contributed by atoms with Gasteiger partial charge in [0, 0.05) is 11.6 Å². The number of hydrogen-bond donors (Lipinski definition) is 0. The Balaban J connectivity index is 2.37. The van der Waals surface area contributed by atoms with Crippen molar-refractivity contribution in [1.82, 2.24) is 0 Å². The van der Waals surface area contributed by atoms with Crippen LogP contribution in [-0.4, -0.2) is 10.7 Å². The highest BCUT2D eigenvalue weighted by molar-refractivity contribution is 5.97. The number of carbonyl (C=O) groups excluding carboxylic acids is 1. The van der Waals surface area contributed by atoms with E-state index in [4.69, 9.17) is 4.74 Å². The maximum Gasteiger partial charge on any atom is 0.310 e. The van der Waals surface area contributed by atoms with Crippen molar-refractivity contribution in [2.45, 2.75) is 34.3 Å². The maximum absolute atomic E-state index is 11.8. The van der Waals surface area contributed by atoms with Gasteiger partial charge in [0.15, 0.2) is 11.5 Å². The number of hydrogen-bond acceptors (Lipinski definition) is 4. The van der Waals surface area contributed by atoms with Gasteiger partial charge in [-0.3, -0.25) is 14.9 Å². The summed E-state index contributed by atoms with van der Waals surface area (Å²) in [5.74, 6) is 0.230.